The van der Waals surface area contributed by atoms with Crippen molar-refractivity contribution in [2.45, 2.75) is 18.1 Å². The highest BCUT2D eigenvalue weighted by Crippen LogP contribution is 2.36. The van der Waals surface area contributed by atoms with E-state index in [1.54, 1.807) is 6.07 Å². The number of benzene rings is 1. The summed E-state index contributed by atoms with van der Waals surface area (Å²) in [5, 5.41) is 2.94. The molecule has 1 aliphatic heterocycles. The molecule has 21 heavy (non-hydrogen) atoms. The summed E-state index contributed by atoms with van der Waals surface area (Å²) in [7, 11) is -0.552. The number of nitrogens with one attached hydrogen (secondary N) is 2. The zero-order chi connectivity index (χ0) is 15.5. The van der Waals surface area contributed by atoms with Crippen molar-refractivity contribution in [2.24, 2.45) is 0 Å². The van der Waals surface area contributed by atoms with Crippen LogP contribution in [0.4, 0.5) is 5.69 Å². The molecule has 0 bridgehead atoms. The lowest BCUT2D eigenvalue weighted by molar-refractivity contribution is 0.396. The maximum absolute atomic E-state index is 12.4. The summed E-state index contributed by atoms with van der Waals surface area (Å²) in [5.74, 6) is 0.791. The molecule has 1 aromatic rings. The standard InChI is InChI=1S/C13H19ClN2O4S/c1-19-12-7-13(20-2)11(6-10(12)14)16-21(17,18)9-4-3-5-15-8-9/h6-7,9,15-16H,3-5,8H2,1-2H3. The van der Waals surface area contributed by atoms with Gasteiger partial charge in [0.05, 0.1) is 30.2 Å². The van der Waals surface area contributed by atoms with E-state index in [0.29, 0.717) is 35.2 Å². The van der Waals surface area contributed by atoms with Crippen LogP contribution in [-0.4, -0.2) is 41.0 Å². The Kier molecular flexibility index (Phi) is 5.18. The zero-order valence-corrected chi connectivity index (χ0v) is 13.6. The molecule has 1 fully saturated rings. The van der Waals surface area contributed by atoms with Gasteiger partial charge in [0.1, 0.15) is 11.5 Å². The molecular formula is C13H19ClN2O4S. The van der Waals surface area contributed by atoms with Gasteiger partial charge in [-0.3, -0.25) is 4.72 Å². The predicted molar refractivity (Wildman–Crippen MR) is 83.0 cm³/mol. The summed E-state index contributed by atoms with van der Waals surface area (Å²) < 4.78 is 37.7. The lowest BCUT2D eigenvalue weighted by atomic mass is 10.2. The second kappa shape index (κ2) is 6.72. The van der Waals surface area contributed by atoms with Crippen LogP contribution in [0.3, 0.4) is 0 Å². The lowest BCUT2D eigenvalue weighted by Crippen LogP contribution is -2.41. The predicted octanol–water partition coefficient (Wildman–Crippen LogP) is 1.85. The van der Waals surface area contributed by atoms with E-state index in [2.05, 4.69) is 10.0 Å². The summed E-state index contributed by atoms with van der Waals surface area (Å²) in [6.07, 6.45) is 1.47. The number of anilines is 1. The molecule has 1 atom stereocenters. The quantitative estimate of drug-likeness (QED) is 0.859. The molecule has 0 aliphatic carbocycles. The van der Waals surface area contributed by atoms with Crippen LogP contribution in [0.1, 0.15) is 12.8 Å². The topological polar surface area (TPSA) is 76.7 Å². The Morgan fingerprint density at radius 2 is 2.00 bits per heavy atom. The van der Waals surface area contributed by atoms with Gasteiger partial charge in [0, 0.05) is 12.6 Å². The van der Waals surface area contributed by atoms with Crippen molar-refractivity contribution >= 4 is 27.3 Å². The van der Waals surface area contributed by atoms with Crippen LogP contribution in [0.25, 0.3) is 0 Å². The average Bonchev–Trinajstić information content (AvgIpc) is 2.48. The molecule has 118 valence electrons. The third-order valence-corrected chi connectivity index (χ3v) is 5.50. The van der Waals surface area contributed by atoms with E-state index < -0.39 is 15.3 Å². The van der Waals surface area contributed by atoms with E-state index in [-0.39, 0.29) is 0 Å². The van der Waals surface area contributed by atoms with E-state index in [1.165, 1.54) is 20.3 Å². The maximum Gasteiger partial charge on any atom is 0.236 e. The number of methoxy groups -OCH3 is 2. The first-order valence-electron chi connectivity index (χ1n) is 6.62. The van der Waals surface area contributed by atoms with Crippen molar-refractivity contribution in [1.29, 1.82) is 0 Å². The highest BCUT2D eigenvalue weighted by Gasteiger charge is 2.28. The Bertz CT molecular complexity index is 600. The van der Waals surface area contributed by atoms with E-state index in [4.69, 9.17) is 21.1 Å². The summed E-state index contributed by atoms with van der Waals surface area (Å²) in [6, 6.07) is 3.05. The minimum Gasteiger partial charge on any atom is -0.495 e. The van der Waals surface area contributed by atoms with Crippen LogP contribution in [0, 0.1) is 0 Å². The van der Waals surface area contributed by atoms with Crippen molar-refractivity contribution in [3.8, 4) is 11.5 Å². The van der Waals surface area contributed by atoms with Crippen molar-refractivity contribution in [3.05, 3.63) is 17.2 Å². The van der Waals surface area contributed by atoms with Crippen LogP contribution < -0.4 is 19.5 Å². The third kappa shape index (κ3) is 3.72. The zero-order valence-electron chi connectivity index (χ0n) is 12.0. The monoisotopic (exact) mass is 334 g/mol. The van der Waals surface area contributed by atoms with E-state index in [9.17, 15) is 8.42 Å². The van der Waals surface area contributed by atoms with Crippen molar-refractivity contribution in [1.82, 2.24) is 5.32 Å². The van der Waals surface area contributed by atoms with Crippen molar-refractivity contribution < 1.29 is 17.9 Å². The second-order valence-electron chi connectivity index (χ2n) is 4.80. The smallest absolute Gasteiger partial charge is 0.236 e. The lowest BCUT2D eigenvalue weighted by Gasteiger charge is -2.24. The Hall–Kier alpha value is -1.18. The minimum atomic E-state index is -3.50. The highest BCUT2D eigenvalue weighted by atomic mass is 35.5. The average molecular weight is 335 g/mol. The Balaban J connectivity index is 2.27. The van der Waals surface area contributed by atoms with Gasteiger partial charge in [-0.15, -0.1) is 0 Å². The van der Waals surface area contributed by atoms with Crippen LogP contribution in [0.15, 0.2) is 12.1 Å². The van der Waals surface area contributed by atoms with Gasteiger partial charge in [0.2, 0.25) is 10.0 Å². The molecule has 1 unspecified atom stereocenters. The first kappa shape index (κ1) is 16.2. The van der Waals surface area contributed by atoms with Crippen LogP contribution in [-0.2, 0) is 10.0 Å². The fourth-order valence-corrected chi connectivity index (χ4v) is 3.95. The van der Waals surface area contributed by atoms with Crippen LogP contribution in [0.2, 0.25) is 5.02 Å². The molecule has 0 radical (unpaired) electrons. The molecule has 2 N–H and O–H groups in total. The van der Waals surface area contributed by atoms with E-state index >= 15 is 0 Å². The molecular weight excluding hydrogens is 316 g/mol. The number of sulfonamides is 1. The summed E-state index contributed by atoms with van der Waals surface area (Å²) in [6.45, 7) is 1.30. The van der Waals surface area contributed by atoms with Gasteiger partial charge >= 0.3 is 0 Å². The van der Waals surface area contributed by atoms with Gasteiger partial charge in [-0.25, -0.2) is 8.42 Å². The molecule has 8 heteroatoms. The van der Waals surface area contributed by atoms with E-state index in [0.717, 1.165) is 13.0 Å². The molecule has 1 aromatic carbocycles. The Morgan fingerprint density at radius 1 is 1.29 bits per heavy atom. The molecule has 1 aliphatic rings. The van der Waals surface area contributed by atoms with Gasteiger partial charge in [0.25, 0.3) is 0 Å². The summed E-state index contributed by atoms with van der Waals surface area (Å²) >= 11 is 6.05. The molecule has 0 aromatic heterocycles. The molecule has 0 spiro atoms. The Labute approximate surface area is 129 Å². The largest absolute Gasteiger partial charge is 0.495 e. The third-order valence-electron chi connectivity index (χ3n) is 3.42. The molecule has 1 saturated heterocycles. The summed E-state index contributed by atoms with van der Waals surface area (Å²) in [5.41, 5.74) is 0.314. The van der Waals surface area contributed by atoms with E-state index in [1.807, 2.05) is 0 Å². The number of hydrogen-bond acceptors (Lipinski definition) is 5. The van der Waals surface area contributed by atoms with Gasteiger partial charge in [-0.1, -0.05) is 11.6 Å². The SMILES string of the molecule is COc1cc(OC)c(NS(=O)(=O)C2CCCNC2)cc1Cl. The number of ether oxygens (including phenoxy) is 2. The number of hydrogen-bond donors (Lipinski definition) is 2. The van der Waals surface area contributed by atoms with Gasteiger partial charge < -0.3 is 14.8 Å². The fraction of sp³-hybridized carbons (Fsp3) is 0.538. The minimum absolute atomic E-state index is 0.314. The Morgan fingerprint density at radius 3 is 2.57 bits per heavy atom. The van der Waals surface area contributed by atoms with Crippen molar-refractivity contribution in [2.75, 3.05) is 32.0 Å². The van der Waals surface area contributed by atoms with Crippen LogP contribution >= 0.6 is 11.6 Å². The van der Waals surface area contributed by atoms with Gasteiger partial charge in [-0.05, 0) is 25.5 Å². The summed E-state index contributed by atoms with van der Waals surface area (Å²) in [4.78, 5) is 0. The van der Waals surface area contributed by atoms with Crippen molar-refractivity contribution in [3.63, 3.8) is 0 Å². The normalized spacial score (nSPS) is 19.1. The van der Waals surface area contributed by atoms with Gasteiger partial charge in [-0.2, -0.15) is 0 Å². The number of halogens is 1. The highest BCUT2D eigenvalue weighted by molar-refractivity contribution is 7.93. The number of piperidine rings is 1. The molecule has 0 saturated carbocycles. The second-order valence-corrected chi connectivity index (χ2v) is 7.17. The van der Waals surface area contributed by atoms with Gasteiger partial charge in [0.15, 0.2) is 0 Å². The molecule has 6 nitrogen and oxygen atoms in total. The number of rotatable bonds is 5. The molecule has 1 heterocycles. The first-order chi connectivity index (χ1) is 9.97. The molecule has 2 rings (SSSR count). The fourth-order valence-electron chi connectivity index (χ4n) is 2.26. The maximum atomic E-state index is 12.4. The molecule has 0 amide bonds. The van der Waals surface area contributed by atoms with Crippen LogP contribution in [0.5, 0.6) is 11.5 Å². The first-order valence-corrected chi connectivity index (χ1v) is 8.54.